The predicted molar refractivity (Wildman–Crippen MR) is 36.0 cm³/mol. The van der Waals surface area contributed by atoms with Gasteiger partial charge >= 0.3 is 0 Å². The molecular formula is C4H12N4O2. The van der Waals surface area contributed by atoms with Gasteiger partial charge in [0.05, 0.1) is 18.4 Å². The summed E-state index contributed by atoms with van der Waals surface area (Å²) in [5.74, 6) is 0. The number of rotatable bonds is 5. The first kappa shape index (κ1) is 9.28. The first-order valence-corrected chi connectivity index (χ1v) is 3.10. The molecule has 0 atom stereocenters. The van der Waals surface area contributed by atoms with Crippen LogP contribution in [0.2, 0.25) is 0 Å². The minimum absolute atomic E-state index is 0.0468. The van der Waals surface area contributed by atoms with Crippen molar-refractivity contribution >= 4 is 0 Å². The van der Waals surface area contributed by atoms with Gasteiger partial charge in [0, 0.05) is 6.54 Å². The van der Waals surface area contributed by atoms with Crippen LogP contribution in [0.15, 0.2) is 5.29 Å². The zero-order chi connectivity index (χ0) is 7.98. The summed E-state index contributed by atoms with van der Waals surface area (Å²) in [4.78, 5) is 9.68. The second-order valence-electron chi connectivity index (χ2n) is 1.73. The summed E-state index contributed by atoms with van der Waals surface area (Å²) in [5.41, 5.74) is 3.54. The standard InChI is InChI=1S/C4H11N4O2/c1-2-7(4-3-5)8(10)6-9/h2-5H2,1H3/q-1/p+1. The minimum Gasteiger partial charge on any atom is -0.724 e. The summed E-state index contributed by atoms with van der Waals surface area (Å²) in [7, 11) is 0. The number of nitrogens with zero attached hydrogens (tertiary/aromatic N) is 3. The van der Waals surface area contributed by atoms with Crippen molar-refractivity contribution in [3.63, 3.8) is 0 Å². The van der Waals surface area contributed by atoms with Crippen molar-refractivity contribution in [3.8, 4) is 0 Å². The number of hydrazine groups is 1. The van der Waals surface area contributed by atoms with Gasteiger partial charge in [0.25, 0.3) is 0 Å². The normalized spacial score (nSPS) is 10.0. The van der Waals surface area contributed by atoms with Crippen LogP contribution >= 0.6 is 0 Å². The van der Waals surface area contributed by atoms with Crippen LogP contribution in [0.3, 0.4) is 0 Å². The van der Waals surface area contributed by atoms with Gasteiger partial charge in [-0.1, -0.05) is 6.92 Å². The van der Waals surface area contributed by atoms with Crippen molar-refractivity contribution in [1.82, 2.24) is 10.3 Å². The Morgan fingerprint density at radius 2 is 2.30 bits per heavy atom. The number of likely N-dealkylation sites (N-methyl/N-ethyl adjacent to an activating group) is 1. The van der Waals surface area contributed by atoms with Crippen LogP contribution in [0.1, 0.15) is 6.92 Å². The van der Waals surface area contributed by atoms with E-state index >= 15 is 0 Å². The fraction of sp³-hybridized carbons (Fsp3) is 1.00. The Morgan fingerprint density at radius 3 is 2.60 bits per heavy atom. The molecule has 0 fully saturated rings. The van der Waals surface area contributed by atoms with Crippen LogP contribution < -0.4 is 5.73 Å². The molecule has 3 N–H and O–H groups in total. The molecule has 0 aromatic rings. The lowest BCUT2D eigenvalue weighted by atomic mass is 10.6. The number of nitroso groups, excluding NO2 is 1. The van der Waals surface area contributed by atoms with Gasteiger partial charge in [0.1, 0.15) is 0 Å². The maximum absolute atomic E-state index is 10.5. The largest absolute Gasteiger partial charge is 0.724 e. The summed E-state index contributed by atoms with van der Waals surface area (Å²) in [6, 6.07) is 0. The van der Waals surface area contributed by atoms with E-state index in [0.29, 0.717) is 19.6 Å². The highest BCUT2D eigenvalue weighted by Crippen LogP contribution is 1.93. The molecule has 0 aliphatic heterocycles. The third kappa shape index (κ3) is 2.72. The summed E-state index contributed by atoms with van der Waals surface area (Å²) >= 11 is 0. The maximum Gasteiger partial charge on any atom is 0.0888 e. The van der Waals surface area contributed by atoms with Crippen molar-refractivity contribution in [2.24, 2.45) is 5.29 Å². The monoisotopic (exact) mass is 148 g/mol. The Labute approximate surface area is 59.1 Å². The lowest BCUT2D eigenvalue weighted by molar-refractivity contribution is -0.372. The van der Waals surface area contributed by atoms with Crippen LogP contribution in [-0.2, 0) is 0 Å². The van der Waals surface area contributed by atoms with E-state index in [1.165, 1.54) is 5.01 Å². The molecule has 0 unspecified atom stereocenters. The van der Waals surface area contributed by atoms with Gasteiger partial charge in [-0.2, -0.15) is 0 Å². The summed E-state index contributed by atoms with van der Waals surface area (Å²) in [5, 5.41) is 14.0. The lowest BCUT2D eigenvalue weighted by Gasteiger charge is -2.31. The van der Waals surface area contributed by atoms with E-state index in [4.69, 9.17) is 0 Å². The SMILES string of the molecule is CCN(CC[NH3+])N([O-])N=O. The number of hydrogen-bond donors (Lipinski definition) is 1. The molecule has 0 saturated heterocycles. The van der Waals surface area contributed by atoms with Gasteiger partial charge in [-0.25, -0.2) is 5.01 Å². The molecule has 0 rings (SSSR count). The van der Waals surface area contributed by atoms with E-state index in [1.807, 2.05) is 0 Å². The van der Waals surface area contributed by atoms with E-state index in [0.717, 1.165) is 0 Å². The topological polar surface area (TPSA) is 86.6 Å². The summed E-state index contributed by atoms with van der Waals surface area (Å²) in [6.07, 6.45) is 0. The fourth-order valence-electron chi connectivity index (χ4n) is 0.599. The molecule has 6 nitrogen and oxygen atoms in total. The Bertz CT molecular complexity index is 99.3. The molecule has 0 heterocycles. The van der Waals surface area contributed by atoms with Crippen LogP contribution in [0.5, 0.6) is 0 Å². The average Bonchev–Trinajstić information content (AvgIpc) is 1.99. The molecule has 0 aromatic heterocycles. The second kappa shape index (κ2) is 5.10. The maximum atomic E-state index is 10.5. The molecule has 10 heavy (non-hydrogen) atoms. The second-order valence-corrected chi connectivity index (χ2v) is 1.73. The lowest BCUT2D eigenvalue weighted by Crippen LogP contribution is -2.56. The van der Waals surface area contributed by atoms with Crippen LogP contribution in [0.25, 0.3) is 0 Å². The Balaban J connectivity index is 3.67. The molecule has 0 aliphatic rings. The average molecular weight is 148 g/mol. The molecule has 0 bridgehead atoms. The molecule has 0 spiro atoms. The minimum atomic E-state index is 0.0468. The van der Waals surface area contributed by atoms with E-state index < -0.39 is 0 Å². The molecule has 0 aliphatic carbocycles. The van der Waals surface area contributed by atoms with Gasteiger partial charge in [-0.3, -0.25) is 5.28 Å². The highest BCUT2D eigenvalue weighted by Gasteiger charge is 2.01. The Hall–Kier alpha value is -0.720. The molecular weight excluding hydrogens is 136 g/mol. The molecule has 0 radical (unpaired) electrons. The van der Waals surface area contributed by atoms with Crippen molar-refractivity contribution < 1.29 is 5.73 Å². The zero-order valence-corrected chi connectivity index (χ0v) is 5.99. The van der Waals surface area contributed by atoms with Crippen molar-refractivity contribution in [3.05, 3.63) is 10.1 Å². The summed E-state index contributed by atoms with van der Waals surface area (Å²) < 4.78 is 0. The van der Waals surface area contributed by atoms with E-state index in [9.17, 15) is 10.1 Å². The van der Waals surface area contributed by atoms with Crippen LogP contribution in [0, 0.1) is 10.1 Å². The van der Waals surface area contributed by atoms with Gasteiger partial charge in [0.15, 0.2) is 0 Å². The highest BCUT2D eigenvalue weighted by molar-refractivity contribution is 4.49. The van der Waals surface area contributed by atoms with E-state index in [-0.39, 0.29) is 5.28 Å². The number of hydrogen-bond acceptors (Lipinski definition) is 4. The third-order valence-electron chi connectivity index (χ3n) is 1.09. The molecule has 0 amide bonds. The van der Waals surface area contributed by atoms with Crippen molar-refractivity contribution in [2.75, 3.05) is 19.6 Å². The highest BCUT2D eigenvalue weighted by atomic mass is 16.6. The predicted octanol–water partition coefficient (Wildman–Crippen LogP) is -1.05. The van der Waals surface area contributed by atoms with Gasteiger partial charge < -0.3 is 10.9 Å². The van der Waals surface area contributed by atoms with Gasteiger partial charge in [0.2, 0.25) is 0 Å². The first-order chi connectivity index (χ1) is 4.76. The summed E-state index contributed by atoms with van der Waals surface area (Å²) in [6.45, 7) is 3.30. The number of quaternary nitrogens is 1. The Morgan fingerprint density at radius 1 is 1.70 bits per heavy atom. The van der Waals surface area contributed by atoms with Crippen LogP contribution in [-0.4, -0.2) is 29.9 Å². The molecule has 60 valence electrons. The molecule has 0 saturated carbocycles. The molecule has 0 aromatic carbocycles. The molecule has 6 heteroatoms. The van der Waals surface area contributed by atoms with Crippen molar-refractivity contribution in [2.45, 2.75) is 6.92 Å². The Kier molecular flexibility index (Phi) is 4.73. The van der Waals surface area contributed by atoms with Gasteiger partial charge in [-0.05, 0) is 0 Å². The first-order valence-electron chi connectivity index (χ1n) is 3.10. The van der Waals surface area contributed by atoms with Gasteiger partial charge in [-0.15, -0.1) is 4.91 Å². The van der Waals surface area contributed by atoms with Crippen LogP contribution in [0.4, 0.5) is 0 Å². The van der Waals surface area contributed by atoms with E-state index in [2.05, 4.69) is 11.0 Å². The zero-order valence-electron chi connectivity index (χ0n) is 5.99. The fourth-order valence-corrected chi connectivity index (χ4v) is 0.599. The quantitative estimate of drug-likeness (QED) is 0.398. The third-order valence-corrected chi connectivity index (χ3v) is 1.09. The van der Waals surface area contributed by atoms with E-state index in [1.54, 1.807) is 6.92 Å². The van der Waals surface area contributed by atoms with Crippen molar-refractivity contribution in [1.29, 1.82) is 0 Å². The smallest absolute Gasteiger partial charge is 0.0888 e.